The molecule has 2 heterocycles. The summed E-state index contributed by atoms with van der Waals surface area (Å²) in [6, 6.07) is 4.49. The first-order valence-electron chi connectivity index (χ1n) is 13.4. The van der Waals surface area contributed by atoms with Crippen molar-refractivity contribution in [2.24, 2.45) is 17.3 Å². The standard InChI is InChI=1S/C28H39NO4/c1-4-13-32-28-10-9-26(15-20(28)25(2,3)31)21-14-18-7-8-19(30)23-22(18)27(26,24(28)33-23)11-12-29(21)16-17-5-6-17/h7-8,17,20-21,24,30-31H,4-6,9-16H2,1-3H3/t20-,21?,24?,26-,27+,28-/m1/s1. The maximum Gasteiger partial charge on any atom is 0.165 e. The van der Waals surface area contributed by atoms with E-state index in [0.717, 1.165) is 56.7 Å². The molecule has 1 saturated heterocycles. The Morgan fingerprint density at radius 2 is 2.03 bits per heavy atom. The van der Waals surface area contributed by atoms with Crippen LogP contribution in [0.3, 0.4) is 0 Å². The van der Waals surface area contributed by atoms with E-state index in [1.807, 2.05) is 19.9 Å². The number of phenolic OH excluding ortho intramolecular Hbond substituents is 1. The second-order valence-electron chi connectivity index (χ2n) is 12.7. The summed E-state index contributed by atoms with van der Waals surface area (Å²) in [4.78, 5) is 2.82. The van der Waals surface area contributed by atoms with Crippen molar-refractivity contribution in [3.8, 4) is 11.5 Å². The van der Waals surface area contributed by atoms with Gasteiger partial charge in [0.1, 0.15) is 11.7 Å². The van der Waals surface area contributed by atoms with Crippen molar-refractivity contribution in [1.29, 1.82) is 0 Å². The van der Waals surface area contributed by atoms with Gasteiger partial charge in [-0.2, -0.15) is 0 Å². The van der Waals surface area contributed by atoms with Gasteiger partial charge in [0, 0.05) is 41.5 Å². The SMILES string of the molecule is CCCO[C@]12CC[C@@]3(C[C@@H]1C(C)(C)O)C1Cc4ccc(O)c5c4[C@@]3(CCN1CC1CC1)C2O5. The van der Waals surface area contributed by atoms with E-state index in [4.69, 9.17) is 9.47 Å². The minimum Gasteiger partial charge on any atom is -0.504 e. The molecule has 0 aromatic heterocycles. The normalized spacial score (nSPS) is 42.8. The van der Waals surface area contributed by atoms with Gasteiger partial charge in [-0.3, -0.25) is 4.90 Å². The molecule has 5 nitrogen and oxygen atoms in total. The lowest BCUT2D eigenvalue weighted by Crippen LogP contribution is -2.82. The van der Waals surface area contributed by atoms with Crippen LogP contribution >= 0.6 is 0 Å². The van der Waals surface area contributed by atoms with E-state index >= 15 is 0 Å². The lowest BCUT2D eigenvalue weighted by atomic mass is 9.34. The van der Waals surface area contributed by atoms with Gasteiger partial charge in [-0.15, -0.1) is 0 Å². The first-order valence-corrected chi connectivity index (χ1v) is 13.4. The number of ether oxygens (including phenoxy) is 2. The van der Waals surface area contributed by atoms with Gasteiger partial charge in [0.15, 0.2) is 11.5 Å². The van der Waals surface area contributed by atoms with Crippen LogP contribution in [0.1, 0.15) is 76.8 Å². The van der Waals surface area contributed by atoms with Gasteiger partial charge in [-0.1, -0.05) is 13.0 Å². The number of rotatable bonds is 6. The predicted octanol–water partition coefficient (Wildman–Crippen LogP) is 4.17. The Kier molecular flexibility index (Phi) is 4.12. The molecule has 180 valence electrons. The van der Waals surface area contributed by atoms with Crippen LogP contribution in [0.4, 0.5) is 0 Å². The predicted molar refractivity (Wildman–Crippen MR) is 126 cm³/mol. The van der Waals surface area contributed by atoms with Crippen molar-refractivity contribution in [2.75, 3.05) is 19.7 Å². The molecule has 2 N–H and O–H groups in total. The molecule has 1 aromatic carbocycles. The number of aliphatic hydroxyl groups is 1. The monoisotopic (exact) mass is 453 g/mol. The molecule has 1 aromatic rings. The van der Waals surface area contributed by atoms with E-state index in [9.17, 15) is 10.2 Å². The Morgan fingerprint density at radius 1 is 1.21 bits per heavy atom. The second kappa shape index (κ2) is 6.47. The molecule has 5 heteroatoms. The number of hydrogen-bond donors (Lipinski definition) is 2. The third-order valence-corrected chi connectivity index (χ3v) is 10.7. The van der Waals surface area contributed by atoms with E-state index in [1.165, 1.54) is 30.5 Å². The molecule has 5 aliphatic carbocycles. The van der Waals surface area contributed by atoms with E-state index in [2.05, 4.69) is 17.9 Å². The number of likely N-dealkylation sites (tertiary alicyclic amines) is 1. The lowest BCUT2D eigenvalue weighted by Gasteiger charge is -2.75. The average molecular weight is 454 g/mol. The van der Waals surface area contributed by atoms with Gasteiger partial charge in [0.25, 0.3) is 0 Å². The highest BCUT2D eigenvalue weighted by molar-refractivity contribution is 5.63. The van der Waals surface area contributed by atoms with Gasteiger partial charge in [-0.25, -0.2) is 0 Å². The van der Waals surface area contributed by atoms with Crippen LogP contribution in [0.5, 0.6) is 11.5 Å². The first-order chi connectivity index (χ1) is 15.8. The fourth-order valence-electron chi connectivity index (χ4n) is 9.42. The molecule has 0 radical (unpaired) electrons. The number of piperidine rings is 1. The van der Waals surface area contributed by atoms with Gasteiger partial charge in [0.05, 0.1) is 5.60 Å². The zero-order chi connectivity index (χ0) is 22.8. The van der Waals surface area contributed by atoms with Crippen molar-refractivity contribution < 1.29 is 19.7 Å². The average Bonchev–Trinajstić information content (AvgIpc) is 3.52. The second-order valence-corrected chi connectivity index (χ2v) is 12.7. The molecule has 7 aliphatic rings. The van der Waals surface area contributed by atoms with E-state index in [-0.39, 0.29) is 28.6 Å². The zero-order valence-electron chi connectivity index (χ0n) is 20.4. The fourth-order valence-corrected chi connectivity index (χ4v) is 9.42. The minimum absolute atomic E-state index is 0.0183. The van der Waals surface area contributed by atoms with Crippen LogP contribution in [0.2, 0.25) is 0 Å². The van der Waals surface area contributed by atoms with E-state index in [0.29, 0.717) is 12.6 Å². The number of hydrogen-bond acceptors (Lipinski definition) is 5. The maximum absolute atomic E-state index is 11.5. The maximum atomic E-state index is 11.5. The quantitative estimate of drug-likeness (QED) is 0.677. The summed E-state index contributed by atoms with van der Waals surface area (Å²) in [5.41, 5.74) is 1.26. The highest BCUT2D eigenvalue weighted by Crippen LogP contribution is 2.77. The van der Waals surface area contributed by atoms with Crippen LogP contribution in [-0.2, 0) is 16.6 Å². The number of phenols is 1. The largest absolute Gasteiger partial charge is 0.504 e. The zero-order valence-corrected chi connectivity index (χ0v) is 20.4. The Hall–Kier alpha value is -1.30. The molecule has 6 atom stereocenters. The fraction of sp³-hybridized carbons (Fsp3) is 0.786. The Bertz CT molecular complexity index is 998. The summed E-state index contributed by atoms with van der Waals surface area (Å²) in [6.45, 7) is 9.12. The molecule has 8 rings (SSSR count). The Labute approximate surface area is 197 Å². The van der Waals surface area contributed by atoms with Crippen LogP contribution < -0.4 is 4.74 Å². The summed E-state index contributed by atoms with van der Waals surface area (Å²) >= 11 is 0. The molecular formula is C28H39NO4. The summed E-state index contributed by atoms with van der Waals surface area (Å²) in [5, 5.41) is 22.5. The smallest absolute Gasteiger partial charge is 0.165 e. The van der Waals surface area contributed by atoms with Crippen molar-refractivity contribution in [1.82, 2.24) is 4.90 Å². The summed E-state index contributed by atoms with van der Waals surface area (Å²) in [6.07, 6.45) is 8.73. The molecule has 4 saturated carbocycles. The van der Waals surface area contributed by atoms with Crippen molar-refractivity contribution in [3.05, 3.63) is 23.3 Å². The van der Waals surface area contributed by atoms with Crippen LogP contribution in [0.15, 0.2) is 12.1 Å². The topological polar surface area (TPSA) is 62.2 Å². The molecule has 2 aliphatic heterocycles. The Morgan fingerprint density at radius 3 is 2.76 bits per heavy atom. The van der Waals surface area contributed by atoms with E-state index < -0.39 is 11.2 Å². The molecule has 2 unspecified atom stereocenters. The van der Waals surface area contributed by atoms with Crippen LogP contribution in [0.25, 0.3) is 0 Å². The molecule has 2 spiro atoms. The first kappa shape index (κ1) is 21.0. The highest BCUT2D eigenvalue weighted by Gasteiger charge is 2.81. The van der Waals surface area contributed by atoms with Crippen molar-refractivity contribution in [2.45, 2.75) is 101 Å². The molecule has 0 amide bonds. The Balaban J connectivity index is 1.46. The number of benzene rings is 1. The molecule has 5 fully saturated rings. The lowest BCUT2D eigenvalue weighted by molar-refractivity contribution is -0.306. The summed E-state index contributed by atoms with van der Waals surface area (Å²) in [7, 11) is 0. The van der Waals surface area contributed by atoms with Crippen LogP contribution in [0, 0.1) is 17.3 Å². The summed E-state index contributed by atoms with van der Waals surface area (Å²) in [5.74, 6) is 1.88. The van der Waals surface area contributed by atoms with Gasteiger partial charge in [-0.05, 0) is 89.3 Å². The molecular weight excluding hydrogens is 414 g/mol. The number of aromatic hydroxyl groups is 1. The van der Waals surface area contributed by atoms with E-state index in [1.54, 1.807) is 0 Å². The van der Waals surface area contributed by atoms with Crippen molar-refractivity contribution in [3.63, 3.8) is 0 Å². The number of nitrogens with zero attached hydrogens (tertiary/aromatic N) is 1. The highest BCUT2D eigenvalue weighted by atomic mass is 16.6. The third-order valence-electron chi connectivity index (χ3n) is 10.7. The molecule has 33 heavy (non-hydrogen) atoms. The number of fused-ring (bicyclic) bond motifs is 2. The third kappa shape index (κ3) is 2.40. The van der Waals surface area contributed by atoms with Crippen molar-refractivity contribution >= 4 is 0 Å². The summed E-state index contributed by atoms with van der Waals surface area (Å²) < 4.78 is 13.7. The molecule has 4 bridgehead atoms. The minimum atomic E-state index is -0.848. The van der Waals surface area contributed by atoms with Crippen LogP contribution in [-0.4, -0.2) is 58.2 Å². The van der Waals surface area contributed by atoms with Gasteiger partial charge < -0.3 is 19.7 Å². The van der Waals surface area contributed by atoms with Gasteiger partial charge in [0.2, 0.25) is 0 Å². The van der Waals surface area contributed by atoms with Gasteiger partial charge >= 0.3 is 0 Å².